The number of nitrogens with one attached hydrogen (secondary N) is 2. The summed E-state index contributed by atoms with van der Waals surface area (Å²) in [5.74, 6) is 0.845. The number of aromatic nitrogens is 3. The van der Waals surface area contributed by atoms with Crippen molar-refractivity contribution in [2.24, 2.45) is 0 Å². The highest BCUT2D eigenvalue weighted by atomic mass is 16.5. The summed E-state index contributed by atoms with van der Waals surface area (Å²) in [5, 5.41) is 6.49. The van der Waals surface area contributed by atoms with Gasteiger partial charge in [0.05, 0.1) is 6.61 Å². The number of benzene rings is 2. The van der Waals surface area contributed by atoms with Gasteiger partial charge in [0, 0.05) is 50.9 Å². The number of anilines is 6. The molecule has 1 heterocycles. The molecular formula is C23H31N7O. The van der Waals surface area contributed by atoms with E-state index in [1.807, 2.05) is 76.7 Å². The van der Waals surface area contributed by atoms with Gasteiger partial charge in [-0.15, -0.1) is 0 Å². The van der Waals surface area contributed by atoms with Crippen molar-refractivity contribution in [3.05, 3.63) is 48.5 Å². The molecule has 0 unspecified atom stereocenters. The molecule has 0 aliphatic rings. The van der Waals surface area contributed by atoms with E-state index in [0.29, 0.717) is 24.5 Å². The SMILES string of the molecule is CCCCOc1nc(Nc2ccc(N(C)C)cc2)nc(Nc2ccc(N(C)C)cc2)n1. The standard InChI is InChI=1S/C23H31N7O/c1-6-7-16-31-23-27-21(24-17-8-12-19(13-9-17)29(2)3)26-22(28-23)25-18-10-14-20(15-11-18)30(4)5/h8-15H,6-7,16H2,1-5H3,(H2,24,25,26,27,28). The Bertz CT molecular complexity index is 885. The van der Waals surface area contributed by atoms with E-state index in [9.17, 15) is 0 Å². The van der Waals surface area contributed by atoms with Gasteiger partial charge < -0.3 is 25.2 Å². The van der Waals surface area contributed by atoms with Crippen LogP contribution in [0.3, 0.4) is 0 Å². The highest BCUT2D eigenvalue weighted by Crippen LogP contribution is 2.22. The van der Waals surface area contributed by atoms with E-state index in [1.165, 1.54) is 0 Å². The third-order valence-electron chi connectivity index (χ3n) is 4.62. The third kappa shape index (κ3) is 6.47. The van der Waals surface area contributed by atoms with E-state index in [2.05, 4.69) is 42.3 Å². The van der Waals surface area contributed by atoms with Crippen LogP contribution in [0.15, 0.2) is 48.5 Å². The molecule has 1 aromatic heterocycles. The minimum atomic E-state index is 0.295. The van der Waals surface area contributed by atoms with Crippen molar-refractivity contribution < 1.29 is 4.74 Å². The quantitative estimate of drug-likeness (QED) is 0.457. The second-order valence-corrected chi connectivity index (χ2v) is 7.60. The first-order chi connectivity index (χ1) is 14.9. The maximum Gasteiger partial charge on any atom is 0.323 e. The summed E-state index contributed by atoms with van der Waals surface area (Å²) in [6.07, 6.45) is 1.98. The number of rotatable bonds is 10. The second-order valence-electron chi connectivity index (χ2n) is 7.60. The molecule has 0 aliphatic carbocycles. The lowest BCUT2D eigenvalue weighted by Gasteiger charge is -2.14. The van der Waals surface area contributed by atoms with E-state index in [1.54, 1.807) is 0 Å². The molecule has 8 heteroatoms. The Hall–Kier alpha value is -3.55. The van der Waals surface area contributed by atoms with E-state index in [4.69, 9.17) is 4.74 Å². The number of ether oxygens (including phenoxy) is 1. The van der Waals surface area contributed by atoms with Crippen LogP contribution in [0.1, 0.15) is 19.8 Å². The van der Waals surface area contributed by atoms with Gasteiger partial charge in [-0.2, -0.15) is 15.0 Å². The third-order valence-corrected chi connectivity index (χ3v) is 4.62. The summed E-state index contributed by atoms with van der Waals surface area (Å²) in [7, 11) is 8.05. The van der Waals surface area contributed by atoms with Crippen molar-refractivity contribution >= 4 is 34.6 Å². The predicted molar refractivity (Wildman–Crippen MR) is 128 cm³/mol. The van der Waals surface area contributed by atoms with Gasteiger partial charge in [0.2, 0.25) is 11.9 Å². The molecule has 3 rings (SSSR count). The second kappa shape index (κ2) is 10.5. The zero-order chi connectivity index (χ0) is 22.2. The number of hydrogen-bond donors (Lipinski definition) is 2. The number of hydrogen-bond acceptors (Lipinski definition) is 8. The van der Waals surface area contributed by atoms with Crippen LogP contribution in [0.25, 0.3) is 0 Å². The smallest absolute Gasteiger partial charge is 0.323 e. The summed E-state index contributed by atoms with van der Waals surface area (Å²) in [5.41, 5.74) is 4.01. The van der Waals surface area contributed by atoms with E-state index >= 15 is 0 Å². The molecule has 0 atom stereocenters. The summed E-state index contributed by atoms with van der Waals surface area (Å²) >= 11 is 0. The molecule has 0 radical (unpaired) electrons. The molecule has 0 bridgehead atoms. The Morgan fingerprint density at radius 2 is 1.16 bits per heavy atom. The zero-order valence-electron chi connectivity index (χ0n) is 18.9. The van der Waals surface area contributed by atoms with Crippen molar-refractivity contribution in [2.45, 2.75) is 19.8 Å². The Balaban J connectivity index is 1.81. The van der Waals surface area contributed by atoms with Gasteiger partial charge in [0.15, 0.2) is 0 Å². The van der Waals surface area contributed by atoms with Gasteiger partial charge >= 0.3 is 6.01 Å². The molecule has 0 aliphatic heterocycles. The molecule has 2 aromatic carbocycles. The van der Waals surface area contributed by atoms with Gasteiger partial charge in [0.1, 0.15) is 0 Å². The van der Waals surface area contributed by atoms with E-state index in [-0.39, 0.29) is 0 Å². The van der Waals surface area contributed by atoms with Crippen molar-refractivity contribution in [3.8, 4) is 6.01 Å². The van der Waals surface area contributed by atoms with Crippen LogP contribution < -0.4 is 25.2 Å². The van der Waals surface area contributed by atoms with Gasteiger partial charge in [-0.3, -0.25) is 0 Å². The fraction of sp³-hybridized carbons (Fsp3) is 0.348. The maximum atomic E-state index is 5.75. The average molecular weight is 422 g/mol. The number of unbranched alkanes of at least 4 members (excludes halogenated alkanes) is 1. The molecule has 8 nitrogen and oxygen atoms in total. The molecule has 3 aromatic rings. The first-order valence-electron chi connectivity index (χ1n) is 10.4. The normalized spacial score (nSPS) is 10.5. The van der Waals surface area contributed by atoms with Crippen molar-refractivity contribution in [1.29, 1.82) is 0 Å². The topological polar surface area (TPSA) is 78.4 Å². The summed E-state index contributed by atoms with van der Waals surface area (Å²) in [4.78, 5) is 17.5. The lowest BCUT2D eigenvalue weighted by Crippen LogP contribution is -2.09. The Morgan fingerprint density at radius 3 is 1.55 bits per heavy atom. The summed E-state index contributed by atoms with van der Waals surface area (Å²) < 4.78 is 5.75. The molecule has 31 heavy (non-hydrogen) atoms. The molecule has 164 valence electrons. The molecular weight excluding hydrogens is 390 g/mol. The summed E-state index contributed by atoms with van der Waals surface area (Å²) in [6.45, 7) is 2.68. The maximum absolute atomic E-state index is 5.75. The van der Waals surface area contributed by atoms with Crippen LogP contribution in [0.5, 0.6) is 6.01 Å². The van der Waals surface area contributed by atoms with E-state index in [0.717, 1.165) is 35.6 Å². The molecule has 0 amide bonds. The zero-order valence-corrected chi connectivity index (χ0v) is 18.9. The van der Waals surface area contributed by atoms with E-state index < -0.39 is 0 Å². The van der Waals surface area contributed by atoms with Crippen molar-refractivity contribution in [1.82, 2.24) is 15.0 Å². The Labute approximate surface area is 184 Å². The fourth-order valence-corrected chi connectivity index (χ4v) is 2.78. The predicted octanol–water partition coefficient (Wildman–Crippen LogP) is 4.67. The van der Waals surface area contributed by atoms with Gasteiger partial charge in [-0.1, -0.05) is 13.3 Å². The number of nitrogens with zero attached hydrogens (tertiary/aromatic N) is 5. The van der Waals surface area contributed by atoms with Gasteiger partial charge in [0.25, 0.3) is 0 Å². The average Bonchev–Trinajstić information content (AvgIpc) is 2.74. The highest BCUT2D eigenvalue weighted by molar-refractivity contribution is 5.62. The summed E-state index contributed by atoms with van der Waals surface area (Å²) in [6, 6.07) is 16.4. The van der Waals surface area contributed by atoms with Crippen LogP contribution in [0, 0.1) is 0 Å². The first-order valence-corrected chi connectivity index (χ1v) is 10.4. The van der Waals surface area contributed by atoms with Gasteiger partial charge in [-0.25, -0.2) is 0 Å². The lowest BCUT2D eigenvalue weighted by atomic mass is 10.2. The first kappa shape index (κ1) is 22.1. The van der Waals surface area contributed by atoms with Crippen LogP contribution in [0.4, 0.5) is 34.6 Å². The molecule has 2 N–H and O–H groups in total. The minimum absolute atomic E-state index is 0.295. The van der Waals surface area contributed by atoms with Crippen molar-refractivity contribution in [3.63, 3.8) is 0 Å². The van der Waals surface area contributed by atoms with Gasteiger partial charge in [-0.05, 0) is 55.0 Å². The largest absolute Gasteiger partial charge is 0.463 e. The fourth-order valence-electron chi connectivity index (χ4n) is 2.78. The minimum Gasteiger partial charge on any atom is -0.463 e. The Morgan fingerprint density at radius 1 is 0.710 bits per heavy atom. The molecule has 0 spiro atoms. The van der Waals surface area contributed by atoms with Crippen LogP contribution in [-0.4, -0.2) is 49.7 Å². The highest BCUT2D eigenvalue weighted by Gasteiger charge is 2.09. The molecule has 0 saturated carbocycles. The van der Waals surface area contributed by atoms with Crippen molar-refractivity contribution in [2.75, 3.05) is 55.2 Å². The molecule has 0 fully saturated rings. The molecule has 0 saturated heterocycles. The monoisotopic (exact) mass is 421 g/mol. The lowest BCUT2D eigenvalue weighted by molar-refractivity contribution is 0.285. The van der Waals surface area contributed by atoms with Crippen LogP contribution in [0.2, 0.25) is 0 Å². The van der Waals surface area contributed by atoms with Crippen LogP contribution >= 0.6 is 0 Å². The van der Waals surface area contributed by atoms with Crippen LogP contribution in [-0.2, 0) is 0 Å². The Kier molecular flexibility index (Phi) is 7.48.